The minimum atomic E-state index is -0.978. The highest BCUT2D eigenvalue weighted by Gasteiger charge is 2.10. The summed E-state index contributed by atoms with van der Waals surface area (Å²) in [5.41, 5.74) is 6.14. The highest BCUT2D eigenvalue weighted by molar-refractivity contribution is 5.51. The number of rotatable bonds is 6. The lowest BCUT2D eigenvalue weighted by atomic mass is 10.3. The number of nitrogen functional groups attached to an aromatic ring is 1. The highest BCUT2D eigenvalue weighted by Crippen LogP contribution is 2.20. The lowest BCUT2D eigenvalue weighted by molar-refractivity contribution is 0.0615. The van der Waals surface area contributed by atoms with Crippen LogP contribution in [0.4, 0.5) is 14.5 Å². The summed E-state index contributed by atoms with van der Waals surface area (Å²) in [7, 11) is 0. The van der Waals surface area contributed by atoms with Crippen LogP contribution in [0.3, 0.4) is 0 Å². The Morgan fingerprint density at radius 1 is 1.00 bits per heavy atom. The fraction of sp³-hybridized carbons (Fsp3) is 0.200. The maximum absolute atomic E-state index is 13.3. The van der Waals surface area contributed by atoms with E-state index in [0.29, 0.717) is 17.5 Å². The van der Waals surface area contributed by atoms with Crippen molar-refractivity contribution in [3.63, 3.8) is 0 Å². The number of aliphatic hydroxyl groups is 1. The average Bonchev–Trinajstić information content (AvgIpc) is 2.45. The van der Waals surface area contributed by atoms with Crippen molar-refractivity contribution >= 4 is 5.69 Å². The monoisotopic (exact) mass is 295 g/mol. The summed E-state index contributed by atoms with van der Waals surface area (Å²) in [5, 5.41) is 9.72. The molecule has 0 fully saturated rings. The summed E-state index contributed by atoms with van der Waals surface area (Å²) >= 11 is 0. The number of halogens is 2. The van der Waals surface area contributed by atoms with Gasteiger partial charge in [0.05, 0.1) is 5.69 Å². The van der Waals surface area contributed by atoms with E-state index in [2.05, 4.69) is 0 Å². The first kappa shape index (κ1) is 15.1. The van der Waals surface area contributed by atoms with Gasteiger partial charge in [-0.05, 0) is 24.3 Å². The van der Waals surface area contributed by atoms with E-state index < -0.39 is 17.7 Å². The largest absolute Gasteiger partial charge is 0.489 e. The molecule has 112 valence electrons. The van der Waals surface area contributed by atoms with E-state index >= 15 is 0 Å². The summed E-state index contributed by atoms with van der Waals surface area (Å²) in [4.78, 5) is 0. The molecule has 0 bridgehead atoms. The highest BCUT2D eigenvalue weighted by atomic mass is 19.1. The van der Waals surface area contributed by atoms with Crippen molar-refractivity contribution in [2.45, 2.75) is 6.10 Å². The first-order chi connectivity index (χ1) is 10.1. The van der Waals surface area contributed by atoms with Gasteiger partial charge < -0.3 is 20.3 Å². The standard InChI is InChI=1S/C15H15F2NO3/c16-10-5-6-14(12(17)7-10)20-8-11(19)9-21-15-4-2-1-3-13(15)18/h1-7,11,19H,8-9,18H2. The number of aliphatic hydroxyl groups excluding tert-OH is 1. The molecule has 0 radical (unpaired) electrons. The number of hydrogen-bond acceptors (Lipinski definition) is 4. The molecule has 0 aromatic heterocycles. The van der Waals surface area contributed by atoms with E-state index in [1.54, 1.807) is 24.3 Å². The fourth-order valence-electron chi connectivity index (χ4n) is 1.62. The van der Waals surface area contributed by atoms with Gasteiger partial charge in [0.2, 0.25) is 0 Å². The number of ether oxygens (including phenoxy) is 2. The van der Waals surface area contributed by atoms with Crippen LogP contribution in [0.1, 0.15) is 0 Å². The molecule has 0 saturated heterocycles. The van der Waals surface area contributed by atoms with Crippen LogP contribution in [-0.4, -0.2) is 24.4 Å². The van der Waals surface area contributed by atoms with Crippen molar-refractivity contribution in [2.75, 3.05) is 18.9 Å². The minimum Gasteiger partial charge on any atom is -0.489 e. The van der Waals surface area contributed by atoms with Gasteiger partial charge in [0.25, 0.3) is 0 Å². The number of para-hydroxylation sites is 2. The lowest BCUT2D eigenvalue weighted by Gasteiger charge is -2.14. The maximum Gasteiger partial charge on any atom is 0.167 e. The molecule has 0 aliphatic carbocycles. The van der Waals surface area contributed by atoms with Gasteiger partial charge in [0.1, 0.15) is 30.9 Å². The second kappa shape index (κ2) is 6.90. The van der Waals surface area contributed by atoms with Crippen molar-refractivity contribution in [1.29, 1.82) is 0 Å². The quantitative estimate of drug-likeness (QED) is 0.803. The van der Waals surface area contributed by atoms with Gasteiger partial charge in [-0.3, -0.25) is 0 Å². The minimum absolute atomic E-state index is 0.0585. The molecule has 2 aromatic carbocycles. The van der Waals surface area contributed by atoms with E-state index in [4.69, 9.17) is 15.2 Å². The average molecular weight is 295 g/mol. The van der Waals surface area contributed by atoms with Crippen LogP contribution < -0.4 is 15.2 Å². The molecule has 0 heterocycles. The molecule has 0 amide bonds. The third-order valence-corrected chi connectivity index (χ3v) is 2.68. The Kier molecular flexibility index (Phi) is 4.94. The van der Waals surface area contributed by atoms with Crippen molar-refractivity contribution in [2.24, 2.45) is 0 Å². The number of anilines is 1. The molecule has 21 heavy (non-hydrogen) atoms. The normalized spacial score (nSPS) is 12.0. The SMILES string of the molecule is Nc1ccccc1OCC(O)COc1ccc(F)cc1F. The van der Waals surface area contributed by atoms with E-state index in [1.165, 1.54) is 0 Å². The fourth-order valence-corrected chi connectivity index (χ4v) is 1.62. The van der Waals surface area contributed by atoms with Crippen molar-refractivity contribution in [3.8, 4) is 11.5 Å². The maximum atomic E-state index is 13.3. The second-order valence-electron chi connectivity index (χ2n) is 4.39. The van der Waals surface area contributed by atoms with E-state index in [0.717, 1.165) is 12.1 Å². The second-order valence-corrected chi connectivity index (χ2v) is 4.39. The Labute approximate surface area is 120 Å². The summed E-state index contributed by atoms with van der Waals surface area (Å²) in [6, 6.07) is 9.80. The molecular formula is C15H15F2NO3. The number of hydrogen-bond donors (Lipinski definition) is 2. The van der Waals surface area contributed by atoms with Gasteiger partial charge in [0.15, 0.2) is 11.6 Å². The molecule has 3 N–H and O–H groups in total. The van der Waals surface area contributed by atoms with Gasteiger partial charge in [-0.2, -0.15) is 0 Å². The van der Waals surface area contributed by atoms with Crippen LogP contribution in [0.5, 0.6) is 11.5 Å². The first-order valence-corrected chi connectivity index (χ1v) is 6.29. The molecule has 6 heteroatoms. The third-order valence-electron chi connectivity index (χ3n) is 2.68. The van der Waals surface area contributed by atoms with Crippen LogP contribution in [0, 0.1) is 11.6 Å². The molecule has 0 spiro atoms. The Morgan fingerprint density at radius 3 is 2.33 bits per heavy atom. The summed E-state index contributed by atoms with van der Waals surface area (Å²) in [6.45, 7) is -0.244. The number of nitrogens with two attached hydrogens (primary N) is 1. The first-order valence-electron chi connectivity index (χ1n) is 6.29. The molecule has 2 rings (SSSR count). The lowest BCUT2D eigenvalue weighted by Crippen LogP contribution is -2.25. The van der Waals surface area contributed by atoms with Gasteiger partial charge in [0, 0.05) is 6.07 Å². The zero-order valence-corrected chi connectivity index (χ0v) is 11.1. The van der Waals surface area contributed by atoms with Crippen LogP contribution in [-0.2, 0) is 0 Å². The van der Waals surface area contributed by atoms with Crippen LogP contribution in [0.15, 0.2) is 42.5 Å². The molecular weight excluding hydrogens is 280 g/mol. The topological polar surface area (TPSA) is 64.7 Å². The molecule has 0 aliphatic heterocycles. The zero-order chi connectivity index (χ0) is 15.2. The molecule has 1 atom stereocenters. The summed E-state index contributed by atoms with van der Waals surface area (Å²) < 4.78 is 36.4. The molecule has 0 saturated carbocycles. The number of benzene rings is 2. The predicted octanol–water partition coefficient (Wildman–Crippen LogP) is 2.37. The Hall–Kier alpha value is -2.34. The van der Waals surface area contributed by atoms with Crippen molar-refractivity contribution < 1.29 is 23.4 Å². The third kappa shape index (κ3) is 4.32. The summed E-state index contributed by atoms with van der Waals surface area (Å²) in [5.74, 6) is -1.20. The van der Waals surface area contributed by atoms with Crippen LogP contribution >= 0.6 is 0 Å². The van der Waals surface area contributed by atoms with E-state index in [9.17, 15) is 13.9 Å². The van der Waals surface area contributed by atoms with E-state index in [1.807, 2.05) is 0 Å². The van der Waals surface area contributed by atoms with Gasteiger partial charge in [-0.25, -0.2) is 8.78 Å². The van der Waals surface area contributed by atoms with Crippen LogP contribution in [0.25, 0.3) is 0 Å². The molecule has 1 unspecified atom stereocenters. The summed E-state index contributed by atoms with van der Waals surface area (Å²) in [6.07, 6.45) is -0.978. The smallest absolute Gasteiger partial charge is 0.167 e. The van der Waals surface area contributed by atoms with Crippen molar-refractivity contribution in [3.05, 3.63) is 54.1 Å². The molecule has 0 aliphatic rings. The predicted molar refractivity (Wildman–Crippen MR) is 74.2 cm³/mol. The van der Waals surface area contributed by atoms with Crippen LogP contribution in [0.2, 0.25) is 0 Å². The van der Waals surface area contributed by atoms with Gasteiger partial charge in [-0.1, -0.05) is 12.1 Å². The molecule has 4 nitrogen and oxygen atoms in total. The van der Waals surface area contributed by atoms with Crippen molar-refractivity contribution in [1.82, 2.24) is 0 Å². The van der Waals surface area contributed by atoms with E-state index in [-0.39, 0.29) is 19.0 Å². The van der Waals surface area contributed by atoms with Gasteiger partial charge in [-0.15, -0.1) is 0 Å². The Balaban J connectivity index is 1.82. The zero-order valence-electron chi connectivity index (χ0n) is 11.1. The Morgan fingerprint density at radius 2 is 1.67 bits per heavy atom. The van der Waals surface area contributed by atoms with Gasteiger partial charge >= 0.3 is 0 Å². The molecule has 2 aromatic rings. The Bertz CT molecular complexity index is 607.